The SMILES string of the molecule is Cc1ccc(C)c(NC(=O)C(C)OC(=O)c2nn(-c3ccccc3)c3c2CCC3)c1. The molecule has 154 valence electrons. The topological polar surface area (TPSA) is 73.2 Å². The van der Waals surface area contributed by atoms with Crippen molar-refractivity contribution < 1.29 is 14.3 Å². The van der Waals surface area contributed by atoms with E-state index in [0.29, 0.717) is 5.69 Å². The molecule has 0 fully saturated rings. The normalized spacial score (nSPS) is 13.6. The van der Waals surface area contributed by atoms with Gasteiger partial charge in [-0.25, -0.2) is 9.48 Å². The maximum atomic E-state index is 12.9. The third-order valence-electron chi connectivity index (χ3n) is 5.43. The zero-order chi connectivity index (χ0) is 21.3. The number of rotatable bonds is 5. The van der Waals surface area contributed by atoms with E-state index in [0.717, 1.165) is 53.0 Å². The molecular weight excluding hydrogens is 378 g/mol. The van der Waals surface area contributed by atoms with E-state index in [2.05, 4.69) is 10.4 Å². The van der Waals surface area contributed by atoms with Crippen LogP contribution in [0.25, 0.3) is 5.69 Å². The van der Waals surface area contributed by atoms with Crippen LogP contribution >= 0.6 is 0 Å². The van der Waals surface area contributed by atoms with Crippen LogP contribution in [0.15, 0.2) is 48.5 Å². The molecule has 1 atom stereocenters. The maximum absolute atomic E-state index is 12.9. The molecule has 1 N–H and O–H groups in total. The van der Waals surface area contributed by atoms with Gasteiger partial charge in [0.25, 0.3) is 5.91 Å². The van der Waals surface area contributed by atoms with Crippen molar-refractivity contribution in [3.63, 3.8) is 0 Å². The summed E-state index contributed by atoms with van der Waals surface area (Å²) in [4.78, 5) is 25.4. The average Bonchev–Trinajstić information content (AvgIpc) is 3.34. The van der Waals surface area contributed by atoms with E-state index < -0.39 is 12.1 Å². The monoisotopic (exact) mass is 403 g/mol. The Morgan fingerprint density at radius 1 is 1.10 bits per heavy atom. The summed E-state index contributed by atoms with van der Waals surface area (Å²) in [6.45, 7) is 5.46. The molecule has 0 saturated heterocycles. The second kappa shape index (κ2) is 8.14. The standard InChI is InChI=1S/C24H25N3O3/c1-15-12-13-16(2)20(14-15)25-23(28)17(3)30-24(29)22-19-10-7-11-21(19)27(26-22)18-8-5-4-6-9-18/h4-6,8-9,12-14,17H,7,10-11H2,1-3H3,(H,25,28). The summed E-state index contributed by atoms with van der Waals surface area (Å²) in [7, 11) is 0. The molecule has 2 aromatic carbocycles. The number of hydrogen-bond donors (Lipinski definition) is 1. The molecule has 30 heavy (non-hydrogen) atoms. The molecular formula is C24H25N3O3. The maximum Gasteiger partial charge on any atom is 0.359 e. The van der Waals surface area contributed by atoms with Crippen molar-refractivity contribution in [3.05, 3.63) is 76.6 Å². The van der Waals surface area contributed by atoms with Gasteiger partial charge in [0, 0.05) is 16.9 Å². The molecule has 4 rings (SSSR count). The average molecular weight is 403 g/mol. The molecule has 3 aromatic rings. The van der Waals surface area contributed by atoms with Crippen LogP contribution in [0.4, 0.5) is 5.69 Å². The Bertz CT molecular complexity index is 1100. The summed E-state index contributed by atoms with van der Waals surface area (Å²) >= 11 is 0. The van der Waals surface area contributed by atoms with E-state index in [1.54, 1.807) is 6.92 Å². The van der Waals surface area contributed by atoms with Crippen LogP contribution in [0.5, 0.6) is 0 Å². The number of nitrogens with zero attached hydrogens (tertiary/aromatic N) is 2. The Hall–Kier alpha value is -3.41. The predicted octanol–water partition coefficient (Wildman–Crippen LogP) is 4.16. The molecule has 0 saturated carbocycles. The first-order valence-electron chi connectivity index (χ1n) is 10.2. The number of hydrogen-bond acceptors (Lipinski definition) is 4. The van der Waals surface area contributed by atoms with Crippen molar-refractivity contribution in [2.24, 2.45) is 0 Å². The quantitative estimate of drug-likeness (QED) is 0.649. The number of amides is 1. The molecule has 1 aliphatic carbocycles. The van der Waals surface area contributed by atoms with Gasteiger partial charge in [-0.3, -0.25) is 4.79 Å². The highest BCUT2D eigenvalue weighted by Gasteiger charge is 2.29. The van der Waals surface area contributed by atoms with Crippen molar-refractivity contribution in [3.8, 4) is 5.69 Å². The Morgan fingerprint density at radius 3 is 2.63 bits per heavy atom. The van der Waals surface area contributed by atoms with Crippen molar-refractivity contribution in [1.29, 1.82) is 0 Å². The molecule has 0 radical (unpaired) electrons. The van der Waals surface area contributed by atoms with Crippen LogP contribution in [0.1, 0.15) is 46.2 Å². The summed E-state index contributed by atoms with van der Waals surface area (Å²) < 4.78 is 7.31. The Labute approximate surface area is 175 Å². The zero-order valence-electron chi connectivity index (χ0n) is 17.4. The first kappa shape index (κ1) is 19.9. The van der Waals surface area contributed by atoms with Crippen molar-refractivity contribution in [2.45, 2.75) is 46.1 Å². The van der Waals surface area contributed by atoms with Gasteiger partial charge in [0.05, 0.1) is 5.69 Å². The molecule has 0 aliphatic heterocycles. The highest BCUT2D eigenvalue weighted by atomic mass is 16.5. The second-order valence-corrected chi connectivity index (χ2v) is 7.73. The summed E-state index contributed by atoms with van der Waals surface area (Å²) in [5.41, 5.74) is 5.89. The van der Waals surface area contributed by atoms with Crippen LogP contribution in [0.3, 0.4) is 0 Å². The van der Waals surface area contributed by atoms with E-state index in [9.17, 15) is 9.59 Å². The molecule has 6 nitrogen and oxygen atoms in total. The van der Waals surface area contributed by atoms with Crippen molar-refractivity contribution >= 4 is 17.6 Å². The number of carbonyl (C=O) groups is 2. The third-order valence-corrected chi connectivity index (χ3v) is 5.43. The zero-order valence-corrected chi connectivity index (χ0v) is 17.4. The van der Waals surface area contributed by atoms with Crippen LogP contribution in [0, 0.1) is 13.8 Å². The highest BCUT2D eigenvalue weighted by Crippen LogP contribution is 2.28. The lowest BCUT2D eigenvalue weighted by atomic mass is 10.1. The van der Waals surface area contributed by atoms with Gasteiger partial charge in [0.15, 0.2) is 11.8 Å². The second-order valence-electron chi connectivity index (χ2n) is 7.73. The van der Waals surface area contributed by atoms with Crippen LogP contribution in [0.2, 0.25) is 0 Å². The molecule has 1 amide bonds. The van der Waals surface area contributed by atoms with Crippen molar-refractivity contribution in [2.75, 3.05) is 5.32 Å². The van der Waals surface area contributed by atoms with Gasteiger partial charge in [-0.2, -0.15) is 5.10 Å². The lowest BCUT2D eigenvalue weighted by Gasteiger charge is -2.15. The van der Waals surface area contributed by atoms with Gasteiger partial charge in [-0.05, 0) is 69.4 Å². The highest BCUT2D eigenvalue weighted by molar-refractivity contribution is 5.97. The van der Waals surface area contributed by atoms with Gasteiger partial charge in [-0.15, -0.1) is 0 Å². The number of benzene rings is 2. The largest absolute Gasteiger partial charge is 0.448 e. The minimum atomic E-state index is -0.934. The third kappa shape index (κ3) is 3.85. The number of ether oxygens (including phenoxy) is 1. The first-order valence-corrected chi connectivity index (χ1v) is 10.2. The van der Waals surface area contributed by atoms with Crippen LogP contribution < -0.4 is 5.32 Å². The summed E-state index contributed by atoms with van der Waals surface area (Å²) in [6.07, 6.45) is 1.70. The number of fused-ring (bicyclic) bond motifs is 1. The summed E-state index contributed by atoms with van der Waals surface area (Å²) in [6, 6.07) is 15.6. The molecule has 0 bridgehead atoms. The Kier molecular flexibility index (Phi) is 5.40. The van der Waals surface area contributed by atoms with E-state index in [1.165, 1.54) is 0 Å². The van der Waals surface area contributed by atoms with Gasteiger partial charge < -0.3 is 10.1 Å². The predicted molar refractivity (Wildman–Crippen MR) is 115 cm³/mol. The Balaban J connectivity index is 1.51. The van der Waals surface area contributed by atoms with Gasteiger partial charge in [-0.1, -0.05) is 30.3 Å². The van der Waals surface area contributed by atoms with Gasteiger partial charge >= 0.3 is 5.97 Å². The number of nitrogens with one attached hydrogen (secondary N) is 1. The number of carbonyl (C=O) groups excluding carboxylic acids is 2. The van der Waals surface area contributed by atoms with Gasteiger partial charge in [0.1, 0.15) is 0 Å². The number of para-hydroxylation sites is 1. The summed E-state index contributed by atoms with van der Waals surface area (Å²) in [5.74, 6) is -0.928. The Morgan fingerprint density at radius 2 is 1.87 bits per heavy atom. The number of aryl methyl sites for hydroxylation is 2. The molecule has 1 aliphatic rings. The molecule has 6 heteroatoms. The first-order chi connectivity index (χ1) is 14.4. The van der Waals surface area contributed by atoms with Gasteiger partial charge in [0.2, 0.25) is 0 Å². The van der Waals surface area contributed by atoms with E-state index >= 15 is 0 Å². The molecule has 1 heterocycles. The van der Waals surface area contributed by atoms with Crippen molar-refractivity contribution in [1.82, 2.24) is 9.78 Å². The summed E-state index contributed by atoms with van der Waals surface area (Å²) in [5, 5.41) is 7.38. The number of anilines is 1. The fourth-order valence-electron chi connectivity index (χ4n) is 3.76. The van der Waals surface area contributed by atoms with Crippen LogP contribution in [-0.4, -0.2) is 27.8 Å². The number of aromatic nitrogens is 2. The fourth-order valence-corrected chi connectivity index (χ4v) is 3.76. The minimum absolute atomic E-state index is 0.303. The molecule has 1 unspecified atom stereocenters. The molecule has 1 aromatic heterocycles. The molecule has 0 spiro atoms. The lowest BCUT2D eigenvalue weighted by molar-refractivity contribution is -0.123. The fraction of sp³-hybridized carbons (Fsp3) is 0.292. The number of esters is 1. The lowest BCUT2D eigenvalue weighted by Crippen LogP contribution is -2.30. The van der Waals surface area contributed by atoms with E-state index in [1.807, 2.05) is 67.1 Å². The van der Waals surface area contributed by atoms with E-state index in [4.69, 9.17) is 4.74 Å². The smallest absolute Gasteiger partial charge is 0.359 e. The minimum Gasteiger partial charge on any atom is -0.448 e. The van der Waals surface area contributed by atoms with E-state index in [-0.39, 0.29) is 5.91 Å². The van der Waals surface area contributed by atoms with Crippen LogP contribution in [-0.2, 0) is 22.4 Å².